The molecule has 0 unspecified atom stereocenters. The highest BCUT2D eigenvalue weighted by Gasteiger charge is 2.56. The van der Waals surface area contributed by atoms with Crippen LogP contribution in [0, 0.1) is 0 Å². The van der Waals surface area contributed by atoms with Crippen LogP contribution in [0.5, 0.6) is 0 Å². The zero-order chi connectivity index (χ0) is 17.1. The van der Waals surface area contributed by atoms with Crippen molar-refractivity contribution in [1.29, 1.82) is 0 Å². The lowest BCUT2D eigenvalue weighted by atomic mass is 10.7. The molecule has 0 aromatic heterocycles. The Morgan fingerprint density at radius 1 is 0.476 bits per heavy atom. The third-order valence-corrected chi connectivity index (χ3v) is 91.3. The second kappa shape index (κ2) is 5.44. The quantitative estimate of drug-likeness (QED) is 0.577. The average Bonchev–Trinajstić information content (AvgIpc) is 2.54. The summed E-state index contributed by atoms with van der Waals surface area (Å²) in [7, 11) is -4.13. The van der Waals surface area contributed by atoms with Crippen LogP contribution in [0.15, 0.2) is 0 Å². The van der Waals surface area contributed by atoms with Crippen molar-refractivity contribution in [3.8, 4) is 0 Å². The maximum atomic E-state index is 3.34. The van der Waals surface area contributed by atoms with Crippen LogP contribution in [0.3, 0.4) is 0 Å². The Morgan fingerprint density at radius 2 is 0.667 bits per heavy atom. The second-order valence-electron chi connectivity index (χ2n) is 11.6. The molecular formula is C14H40BSi6-. The molecule has 0 saturated carbocycles. The summed E-state index contributed by atoms with van der Waals surface area (Å²) < 4.78 is 0. The summed E-state index contributed by atoms with van der Waals surface area (Å²) in [6, 6.07) is 3.42. The molecule has 0 N–H and O–H groups in total. The molecule has 0 nitrogen and oxygen atoms in total. The van der Waals surface area contributed by atoms with E-state index in [1.807, 2.05) is 0 Å². The number of rotatable bonds is 4. The molecule has 1 fully saturated rings. The predicted octanol–water partition coefficient (Wildman–Crippen LogP) is 5.26. The van der Waals surface area contributed by atoms with Crippen LogP contribution < -0.4 is 0 Å². The van der Waals surface area contributed by atoms with Crippen LogP contribution >= 0.6 is 0 Å². The van der Waals surface area contributed by atoms with Gasteiger partial charge in [-0.2, -0.15) is 14.0 Å². The van der Waals surface area contributed by atoms with Gasteiger partial charge in [-0.3, -0.25) is 0 Å². The topological polar surface area (TPSA) is 0 Å². The van der Waals surface area contributed by atoms with Crippen LogP contribution in [0.4, 0.5) is 0 Å². The molecule has 1 aliphatic rings. The normalized spacial score (nSPS) is 23.4. The van der Waals surface area contributed by atoms with Crippen LogP contribution in [0.2, 0.25) is 90.7 Å². The van der Waals surface area contributed by atoms with E-state index in [2.05, 4.69) is 85.0 Å². The highest BCUT2D eigenvalue weighted by atomic mass is 29.7. The molecule has 0 bridgehead atoms. The maximum absolute atomic E-state index is 3.34. The van der Waals surface area contributed by atoms with Crippen molar-refractivity contribution in [3.05, 3.63) is 0 Å². The zero-order valence-corrected chi connectivity index (χ0v) is 23.0. The maximum Gasteiger partial charge on any atom is -0.00399 e. The molecule has 0 spiro atoms. The molecule has 0 aromatic carbocycles. The van der Waals surface area contributed by atoms with E-state index in [0.717, 1.165) is 0 Å². The molecule has 1 heterocycles. The molecule has 7 heteroatoms. The SMILES string of the molecule is C[Si](C)(C)[Si]1([Si](C)(C)C)[B-][Si]([Si](C)(C)C)([Si](C)(C)C)CC1. The summed E-state index contributed by atoms with van der Waals surface area (Å²) in [4.78, 5) is 0. The van der Waals surface area contributed by atoms with Crippen LogP contribution in [-0.4, -0.2) is 50.8 Å². The Labute approximate surface area is 141 Å². The molecule has 1 saturated heterocycles. The van der Waals surface area contributed by atoms with Gasteiger partial charge in [0.15, 0.2) is 0 Å². The molecule has 1 aliphatic heterocycles. The van der Waals surface area contributed by atoms with Crippen molar-refractivity contribution in [2.24, 2.45) is 0 Å². The minimum absolute atomic E-state index is 1.03. The van der Waals surface area contributed by atoms with Gasteiger partial charge in [-0.15, -0.1) is 12.1 Å². The van der Waals surface area contributed by atoms with Crippen molar-refractivity contribution < 1.29 is 0 Å². The van der Waals surface area contributed by atoms with Gasteiger partial charge in [0.1, 0.15) is 0 Å². The van der Waals surface area contributed by atoms with Gasteiger partial charge < -0.3 is 6.46 Å². The monoisotopic (exact) mass is 387 g/mol. The molecule has 0 aromatic rings. The fraction of sp³-hybridized carbons (Fsp3) is 1.00. The Hall–Kier alpha value is 1.37. The van der Waals surface area contributed by atoms with E-state index in [9.17, 15) is 0 Å². The first-order valence-electron chi connectivity index (χ1n) is 8.78. The Kier molecular flexibility index (Phi) is 5.29. The first kappa shape index (κ1) is 20.4. The van der Waals surface area contributed by atoms with E-state index in [0.29, 0.717) is 0 Å². The molecule has 0 atom stereocenters. The second-order valence-corrected chi connectivity index (χ2v) is 67.3. The summed E-state index contributed by atoms with van der Waals surface area (Å²) >= 11 is 0. The fourth-order valence-electron chi connectivity index (χ4n) is 5.58. The predicted molar refractivity (Wildman–Crippen MR) is 120 cm³/mol. The van der Waals surface area contributed by atoms with Crippen molar-refractivity contribution in [3.63, 3.8) is 0 Å². The third-order valence-electron chi connectivity index (χ3n) is 6.76. The Morgan fingerprint density at radius 3 is 0.762 bits per heavy atom. The molecule has 124 valence electrons. The van der Waals surface area contributed by atoms with Gasteiger partial charge in [0.2, 0.25) is 0 Å². The molecule has 21 heavy (non-hydrogen) atoms. The van der Waals surface area contributed by atoms with Gasteiger partial charge >= 0.3 is 0 Å². The molecule has 0 aliphatic carbocycles. The van der Waals surface area contributed by atoms with Gasteiger partial charge in [-0.05, 0) is 30.4 Å². The van der Waals surface area contributed by atoms with Crippen molar-refractivity contribution in [2.75, 3.05) is 0 Å². The van der Waals surface area contributed by atoms with E-state index in [1.54, 1.807) is 12.1 Å². The van der Waals surface area contributed by atoms with Crippen molar-refractivity contribution >= 4 is 50.8 Å². The first-order valence-corrected chi connectivity index (χ1v) is 31.4. The summed E-state index contributed by atoms with van der Waals surface area (Å²) in [5, 5.41) is 0. The minimum atomic E-state index is -1.11. The third kappa shape index (κ3) is 3.16. The summed E-state index contributed by atoms with van der Waals surface area (Å²) in [6.07, 6.45) is 0. The molecule has 1 rings (SSSR count). The highest BCUT2D eigenvalue weighted by Crippen LogP contribution is 2.47. The molecular weight excluding hydrogens is 347 g/mol. The van der Waals surface area contributed by atoms with Gasteiger partial charge in [0.05, 0.1) is 0 Å². The lowest BCUT2D eigenvalue weighted by molar-refractivity contribution is 1.40. The van der Waals surface area contributed by atoms with Gasteiger partial charge in [-0.1, -0.05) is 78.6 Å². The molecule has 0 amide bonds. The van der Waals surface area contributed by atoms with E-state index < -0.39 is 44.3 Å². The van der Waals surface area contributed by atoms with Crippen LogP contribution in [0.25, 0.3) is 0 Å². The first-order chi connectivity index (χ1) is 8.91. The van der Waals surface area contributed by atoms with E-state index in [4.69, 9.17) is 0 Å². The fourth-order valence-corrected chi connectivity index (χ4v) is 125. The van der Waals surface area contributed by atoms with Crippen molar-refractivity contribution in [2.45, 2.75) is 90.7 Å². The minimum Gasteiger partial charge on any atom is -0.340 e. The van der Waals surface area contributed by atoms with Gasteiger partial charge in [0.25, 0.3) is 0 Å². The zero-order valence-electron chi connectivity index (χ0n) is 17.0. The standard InChI is InChI=1S/C14H40BSi6/c1-16(2,3)20(17(4,5)6)13-14-21(15-20,18(7,8)9)19(10,11)12/h13-14H2,1-12H3/q-1. The summed E-state index contributed by atoms with van der Waals surface area (Å²) in [5.41, 5.74) is 0. The van der Waals surface area contributed by atoms with Crippen LogP contribution in [0.1, 0.15) is 0 Å². The van der Waals surface area contributed by atoms with Gasteiger partial charge in [0, 0.05) is 0 Å². The smallest absolute Gasteiger partial charge is 0.00399 e. The largest absolute Gasteiger partial charge is 0.340 e. The summed E-state index contributed by atoms with van der Waals surface area (Å²) in [5.74, 6) is 0. The van der Waals surface area contributed by atoms with Crippen LogP contribution in [-0.2, 0) is 0 Å². The lowest BCUT2D eigenvalue weighted by Gasteiger charge is -2.65. The number of hydrogen-bond acceptors (Lipinski definition) is 0. The summed E-state index contributed by atoms with van der Waals surface area (Å²) in [6.45, 7) is 33.9. The number of hydrogen-bond donors (Lipinski definition) is 0. The molecule has 2 radical (unpaired) electrons. The van der Waals surface area contributed by atoms with Crippen molar-refractivity contribution in [1.82, 2.24) is 0 Å². The Balaban J connectivity index is 3.49. The highest BCUT2D eigenvalue weighted by molar-refractivity contribution is 8.04. The van der Waals surface area contributed by atoms with E-state index in [-0.39, 0.29) is 0 Å². The Bertz CT molecular complexity index is 328. The van der Waals surface area contributed by atoms with E-state index in [1.165, 1.54) is 0 Å². The average molecular weight is 388 g/mol. The van der Waals surface area contributed by atoms with Gasteiger partial charge in [-0.25, -0.2) is 0 Å². The van der Waals surface area contributed by atoms with E-state index >= 15 is 0 Å². The lowest BCUT2D eigenvalue weighted by Crippen LogP contribution is -2.82.